The number of hydrogen-bond acceptors (Lipinski definition) is 6. The predicted octanol–water partition coefficient (Wildman–Crippen LogP) is -0.667. The topological polar surface area (TPSA) is 111 Å². The Kier molecular flexibility index (Phi) is 3.76. The Balaban J connectivity index is 2.38. The number of anilines is 1. The highest BCUT2D eigenvalue weighted by atomic mass is 19.1. The van der Waals surface area contributed by atoms with Crippen molar-refractivity contribution in [2.45, 2.75) is 37.4 Å². The molecule has 0 bridgehead atoms. The molecule has 0 amide bonds. The first-order chi connectivity index (χ1) is 9.31. The van der Waals surface area contributed by atoms with E-state index < -0.39 is 48.0 Å². The summed E-state index contributed by atoms with van der Waals surface area (Å²) in [5.41, 5.74) is 2.42. The summed E-state index contributed by atoms with van der Waals surface area (Å²) >= 11 is 0. The molecule has 20 heavy (non-hydrogen) atoms. The first-order valence-electron chi connectivity index (χ1n) is 5.96. The number of aliphatic hydroxyl groups is 2. The molecular weight excluding hydrogens is 276 g/mol. The molecule has 4 atom stereocenters. The quantitative estimate of drug-likeness (QED) is 0.681. The Bertz CT molecular complexity index is 565. The van der Waals surface area contributed by atoms with Gasteiger partial charge < -0.3 is 20.7 Å². The van der Waals surface area contributed by atoms with Crippen molar-refractivity contribution in [2.24, 2.45) is 0 Å². The molecule has 1 aliphatic rings. The van der Waals surface area contributed by atoms with Crippen LogP contribution in [0.1, 0.15) is 19.6 Å². The summed E-state index contributed by atoms with van der Waals surface area (Å²) < 4.78 is 33.0. The van der Waals surface area contributed by atoms with Crippen molar-refractivity contribution < 1.29 is 23.7 Å². The van der Waals surface area contributed by atoms with Crippen molar-refractivity contribution in [3.63, 3.8) is 0 Å². The van der Waals surface area contributed by atoms with Crippen LogP contribution in [0.25, 0.3) is 0 Å². The van der Waals surface area contributed by atoms with Crippen LogP contribution in [0.4, 0.5) is 14.6 Å². The number of hydrogen-bond donors (Lipinski definition) is 3. The van der Waals surface area contributed by atoms with Crippen LogP contribution in [-0.4, -0.2) is 44.2 Å². The maximum atomic E-state index is 13.6. The maximum absolute atomic E-state index is 13.6. The minimum Gasteiger partial charge on any atom is -0.393 e. The fourth-order valence-electron chi connectivity index (χ4n) is 2.23. The fourth-order valence-corrected chi connectivity index (χ4v) is 2.23. The van der Waals surface area contributed by atoms with Crippen molar-refractivity contribution in [1.82, 2.24) is 9.55 Å². The van der Waals surface area contributed by atoms with Crippen molar-refractivity contribution in [3.05, 3.63) is 22.5 Å². The van der Waals surface area contributed by atoms with E-state index in [1.165, 1.54) is 0 Å². The number of halogens is 2. The van der Waals surface area contributed by atoms with Crippen LogP contribution >= 0.6 is 0 Å². The smallest absolute Gasteiger partial charge is 0.351 e. The van der Waals surface area contributed by atoms with E-state index >= 15 is 0 Å². The lowest BCUT2D eigenvalue weighted by Crippen LogP contribution is -2.50. The van der Waals surface area contributed by atoms with Crippen LogP contribution in [0.2, 0.25) is 0 Å². The summed E-state index contributed by atoms with van der Waals surface area (Å²) in [6.07, 6.45) is -3.57. The van der Waals surface area contributed by atoms with Crippen LogP contribution in [0, 0.1) is 5.82 Å². The highest BCUT2D eigenvalue weighted by Crippen LogP contribution is 2.39. The highest BCUT2D eigenvalue weighted by molar-refractivity contribution is 5.26. The van der Waals surface area contributed by atoms with Gasteiger partial charge >= 0.3 is 5.69 Å². The normalized spacial score (nSPS) is 31.4. The molecule has 9 heteroatoms. The SMILES string of the molecule is CC(F)[C@]1(CO)O[C@@H](n2cc(F)c(N)nc2=O)C[C@@H]1O. The average molecular weight is 291 g/mol. The second-order valence-electron chi connectivity index (χ2n) is 4.72. The molecule has 0 aliphatic carbocycles. The Hall–Kier alpha value is -1.58. The number of nitrogens with two attached hydrogens (primary N) is 1. The van der Waals surface area contributed by atoms with Crippen LogP contribution in [0.15, 0.2) is 11.0 Å². The molecule has 1 aromatic rings. The Morgan fingerprint density at radius 1 is 1.75 bits per heavy atom. The average Bonchev–Trinajstić information content (AvgIpc) is 2.72. The van der Waals surface area contributed by atoms with E-state index in [1.807, 2.05) is 0 Å². The summed E-state index contributed by atoms with van der Waals surface area (Å²) in [5.74, 6) is -1.49. The second kappa shape index (κ2) is 5.08. The number of rotatable bonds is 3. The van der Waals surface area contributed by atoms with Gasteiger partial charge in [-0.05, 0) is 6.92 Å². The molecule has 0 spiro atoms. The summed E-state index contributed by atoms with van der Waals surface area (Å²) in [4.78, 5) is 14.9. The summed E-state index contributed by atoms with van der Waals surface area (Å²) in [6, 6.07) is 0. The van der Waals surface area contributed by atoms with Gasteiger partial charge in [-0.25, -0.2) is 13.6 Å². The summed E-state index contributed by atoms with van der Waals surface area (Å²) in [7, 11) is 0. The van der Waals surface area contributed by atoms with Crippen LogP contribution < -0.4 is 11.4 Å². The number of aromatic nitrogens is 2. The minimum atomic E-state index is -1.85. The van der Waals surface area contributed by atoms with Crippen LogP contribution in [0.3, 0.4) is 0 Å². The molecular formula is C11H15F2N3O4. The molecule has 0 radical (unpaired) electrons. The number of nitrogen functional groups attached to an aromatic ring is 1. The predicted molar refractivity (Wildman–Crippen MR) is 64.0 cm³/mol. The lowest BCUT2D eigenvalue weighted by Gasteiger charge is -2.31. The van der Waals surface area contributed by atoms with Crippen molar-refractivity contribution >= 4 is 5.82 Å². The van der Waals surface area contributed by atoms with Gasteiger partial charge in [0.15, 0.2) is 17.2 Å². The third kappa shape index (κ3) is 2.17. The van der Waals surface area contributed by atoms with Crippen molar-refractivity contribution in [3.8, 4) is 0 Å². The molecule has 112 valence electrons. The number of ether oxygens (including phenoxy) is 1. The Morgan fingerprint density at radius 3 is 2.90 bits per heavy atom. The first kappa shape index (κ1) is 14.8. The van der Waals surface area contributed by atoms with Crippen molar-refractivity contribution in [1.29, 1.82) is 0 Å². The van der Waals surface area contributed by atoms with E-state index in [9.17, 15) is 23.8 Å². The molecule has 0 saturated carbocycles. The van der Waals surface area contributed by atoms with Gasteiger partial charge in [-0.1, -0.05) is 0 Å². The van der Waals surface area contributed by atoms with E-state index in [2.05, 4.69) is 4.98 Å². The largest absolute Gasteiger partial charge is 0.393 e. The Labute approximate surface area is 112 Å². The monoisotopic (exact) mass is 291 g/mol. The maximum Gasteiger partial charge on any atom is 0.351 e. The van der Waals surface area contributed by atoms with Crippen LogP contribution in [0.5, 0.6) is 0 Å². The van der Waals surface area contributed by atoms with Gasteiger partial charge in [0.1, 0.15) is 12.4 Å². The molecule has 2 heterocycles. The Morgan fingerprint density at radius 2 is 2.40 bits per heavy atom. The zero-order valence-electron chi connectivity index (χ0n) is 10.7. The minimum absolute atomic E-state index is 0.181. The lowest BCUT2D eigenvalue weighted by molar-refractivity contribution is -0.161. The van der Waals surface area contributed by atoms with E-state index in [1.54, 1.807) is 0 Å². The van der Waals surface area contributed by atoms with E-state index in [0.29, 0.717) is 0 Å². The van der Waals surface area contributed by atoms with E-state index in [4.69, 9.17) is 10.5 Å². The van der Waals surface area contributed by atoms with Crippen molar-refractivity contribution in [2.75, 3.05) is 12.3 Å². The zero-order chi connectivity index (χ0) is 15.1. The van der Waals surface area contributed by atoms with Gasteiger partial charge in [-0.3, -0.25) is 4.57 Å². The van der Waals surface area contributed by atoms with E-state index in [0.717, 1.165) is 17.7 Å². The van der Waals surface area contributed by atoms with Gasteiger partial charge in [0.2, 0.25) is 0 Å². The molecule has 1 unspecified atom stereocenters. The molecule has 1 saturated heterocycles. The fraction of sp³-hybridized carbons (Fsp3) is 0.636. The zero-order valence-corrected chi connectivity index (χ0v) is 10.7. The van der Waals surface area contributed by atoms with Gasteiger partial charge in [0.05, 0.1) is 18.9 Å². The number of alkyl halides is 1. The number of nitrogens with zero attached hydrogens (tertiary/aromatic N) is 2. The molecule has 1 aliphatic heterocycles. The summed E-state index contributed by atoms with van der Waals surface area (Å²) in [6.45, 7) is 0.342. The molecule has 4 N–H and O–H groups in total. The van der Waals surface area contributed by atoms with Gasteiger partial charge in [0, 0.05) is 6.42 Å². The molecule has 2 rings (SSSR count). The first-order valence-corrected chi connectivity index (χ1v) is 5.96. The van der Waals surface area contributed by atoms with E-state index in [-0.39, 0.29) is 6.42 Å². The van der Waals surface area contributed by atoms with Gasteiger partial charge in [0.25, 0.3) is 0 Å². The standard InChI is InChI=1S/C11H15F2N3O4/c1-5(12)11(4-17)7(18)2-8(20-11)16-3-6(13)9(14)15-10(16)19/h3,5,7-8,17-18H,2,4H2,1H3,(H2,14,15,19)/t5?,7-,8+,11-/m0/s1. The lowest BCUT2D eigenvalue weighted by atomic mass is 9.93. The third-order valence-corrected chi connectivity index (χ3v) is 3.51. The molecule has 7 nitrogen and oxygen atoms in total. The van der Waals surface area contributed by atoms with Crippen LogP contribution in [-0.2, 0) is 4.74 Å². The molecule has 1 fully saturated rings. The molecule has 0 aromatic carbocycles. The number of aliphatic hydroxyl groups excluding tert-OH is 2. The van der Waals surface area contributed by atoms with Gasteiger partial charge in [-0.15, -0.1) is 0 Å². The third-order valence-electron chi connectivity index (χ3n) is 3.51. The second-order valence-corrected chi connectivity index (χ2v) is 4.72. The summed E-state index contributed by atoms with van der Waals surface area (Å²) in [5, 5.41) is 19.1. The van der Waals surface area contributed by atoms with Gasteiger partial charge in [-0.2, -0.15) is 4.98 Å². The highest BCUT2D eigenvalue weighted by Gasteiger charge is 2.53. The molecule has 1 aromatic heterocycles.